The van der Waals surface area contributed by atoms with E-state index in [1.807, 2.05) is 4.90 Å². The van der Waals surface area contributed by atoms with Gasteiger partial charge in [-0.25, -0.2) is 4.39 Å². The van der Waals surface area contributed by atoms with Crippen LogP contribution < -0.4 is 0 Å². The summed E-state index contributed by atoms with van der Waals surface area (Å²) in [5, 5.41) is 8.96. The first-order chi connectivity index (χ1) is 12.5. The Labute approximate surface area is 157 Å². The van der Waals surface area contributed by atoms with Crippen molar-refractivity contribution in [3.8, 4) is 0 Å². The molecule has 0 spiro atoms. The Morgan fingerprint density at radius 2 is 2.12 bits per heavy atom. The van der Waals surface area contributed by atoms with Gasteiger partial charge in [0.05, 0.1) is 5.02 Å². The molecule has 2 heterocycles. The highest BCUT2D eigenvalue weighted by atomic mass is 35.5. The van der Waals surface area contributed by atoms with Crippen LogP contribution in [0.1, 0.15) is 42.5 Å². The van der Waals surface area contributed by atoms with Crippen molar-refractivity contribution < 1.29 is 19.1 Å². The fourth-order valence-corrected chi connectivity index (χ4v) is 4.15. The number of carbonyl (C=O) groups excluding carboxylic acids is 2. The Hall–Kier alpha value is -1.66. The molecular weight excluding hydrogens is 359 g/mol. The Morgan fingerprint density at radius 3 is 2.85 bits per heavy atom. The summed E-state index contributed by atoms with van der Waals surface area (Å²) in [7, 11) is 0. The average Bonchev–Trinajstić information content (AvgIpc) is 2.65. The van der Waals surface area contributed by atoms with Gasteiger partial charge in [-0.3, -0.25) is 9.59 Å². The summed E-state index contributed by atoms with van der Waals surface area (Å²) >= 11 is 5.69. The third-order valence-electron chi connectivity index (χ3n) is 5.40. The monoisotopic (exact) mass is 382 g/mol. The zero-order valence-corrected chi connectivity index (χ0v) is 15.4. The number of nitrogens with zero attached hydrogens (tertiary/aromatic N) is 2. The van der Waals surface area contributed by atoms with Gasteiger partial charge in [-0.05, 0) is 49.8 Å². The number of fused-ring (bicyclic) bond motifs is 1. The van der Waals surface area contributed by atoms with E-state index in [0.717, 1.165) is 19.3 Å². The molecule has 3 rings (SSSR count). The third-order valence-corrected chi connectivity index (χ3v) is 5.71. The maximum Gasteiger partial charge on any atom is 0.253 e. The highest BCUT2D eigenvalue weighted by Crippen LogP contribution is 2.32. The molecule has 0 bridgehead atoms. The molecule has 2 atom stereocenters. The van der Waals surface area contributed by atoms with E-state index in [4.69, 9.17) is 16.7 Å². The Kier molecular flexibility index (Phi) is 6.14. The minimum absolute atomic E-state index is 0.00423. The lowest BCUT2D eigenvalue weighted by molar-refractivity contribution is -0.140. The van der Waals surface area contributed by atoms with E-state index in [1.165, 1.54) is 12.1 Å². The van der Waals surface area contributed by atoms with Gasteiger partial charge in [0.1, 0.15) is 5.82 Å². The number of aliphatic hydroxyl groups is 1. The normalized spacial score (nSPS) is 23.1. The molecule has 2 fully saturated rings. The number of benzene rings is 1. The third kappa shape index (κ3) is 4.01. The number of unbranched alkanes of at least 4 members (excludes halogenated alkanes) is 1. The highest BCUT2D eigenvalue weighted by Gasteiger charge is 2.40. The van der Waals surface area contributed by atoms with Crippen molar-refractivity contribution in [2.24, 2.45) is 5.92 Å². The number of hydrogen-bond acceptors (Lipinski definition) is 3. The summed E-state index contributed by atoms with van der Waals surface area (Å²) < 4.78 is 13.7. The van der Waals surface area contributed by atoms with Gasteiger partial charge in [-0.1, -0.05) is 11.6 Å². The summed E-state index contributed by atoms with van der Waals surface area (Å²) in [6, 6.07) is 4.29. The summed E-state index contributed by atoms with van der Waals surface area (Å²) in [5.74, 6) is -0.367. The van der Waals surface area contributed by atoms with Crippen molar-refractivity contribution >= 4 is 23.4 Å². The van der Waals surface area contributed by atoms with Crippen molar-refractivity contribution in [1.29, 1.82) is 0 Å². The number of hydrogen-bond donors (Lipinski definition) is 1. The molecule has 0 aromatic heterocycles. The number of aliphatic hydroxyl groups excluding tert-OH is 1. The predicted molar refractivity (Wildman–Crippen MR) is 96.5 cm³/mol. The molecule has 1 aromatic carbocycles. The van der Waals surface area contributed by atoms with Crippen LogP contribution in [0.2, 0.25) is 5.02 Å². The molecule has 2 aliphatic rings. The number of carbonyl (C=O) groups is 2. The van der Waals surface area contributed by atoms with E-state index in [9.17, 15) is 14.0 Å². The molecule has 0 unspecified atom stereocenters. The molecule has 1 aromatic rings. The lowest BCUT2D eigenvalue weighted by Gasteiger charge is -2.47. The summed E-state index contributed by atoms with van der Waals surface area (Å²) in [4.78, 5) is 28.7. The van der Waals surface area contributed by atoms with E-state index in [-0.39, 0.29) is 35.4 Å². The van der Waals surface area contributed by atoms with Crippen LogP contribution in [-0.4, -0.2) is 59.0 Å². The largest absolute Gasteiger partial charge is 0.396 e. The van der Waals surface area contributed by atoms with E-state index in [1.54, 1.807) is 11.0 Å². The first-order valence-corrected chi connectivity index (χ1v) is 9.53. The average molecular weight is 383 g/mol. The Balaban J connectivity index is 1.66. The van der Waals surface area contributed by atoms with Gasteiger partial charge in [0, 0.05) is 44.3 Å². The molecule has 142 valence electrons. The van der Waals surface area contributed by atoms with Crippen LogP contribution in [-0.2, 0) is 4.79 Å². The van der Waals surface area contributed by atoms with E-state index < -0.39 is 5.82 Å². The predicted octanol–water partition coefficient (Wildman–Crippen LogP) is 2.70. The van der Waals surface area contributed by atoms with Crippen LogP contribution in [0.3, 0.4) is 0 Å². The van der Waals surface area contributed by atoms with Crippen LogP contribution >= 0.6 is 11.6 Å². The molecule has 0 saturated carbocycles. The zero-order valence-electron chi connectivity index (χ0n) is 14.7. The van der Waals surface area contributed by atoms with Crippen LogP contribution in [0.5, 0.6) is 0 Å². The van der Waals surface area contributed by atoms with Crippen LogP contribution in [0.25, 0.3) is 0 Å². The van der Waals surface area contributed by atoms with Crippen molar-refractivity contribution in [1.82, 2.24) is 9.80 Å². The van der Waals surface area contributed by atoms with Crippen LogP contribution in [0.15, 0.2) is 18.2 Å². The van der Waals surface area contributed by atoms with E-state index >= 15 is 0 Å². The van der Waals surface area contributed by atoms with Crippen molar-refractivity contribution in [2.45, 2.75) is 38.1 Å². The lowest BCUT2D eigenvalue weighted by Crippen LogP contribution is -2.57. The number of rotatable bonds is 5. The minimum Gasteiger partial charge on any atom is -0.396 e. The Morgan fingerprint density at radius 1 is 1.31 bits per heavy atom. The lowest BCUT2D eigenvalue weighted by atomic mass is 9.83. The SMILES string of the molecule is O=C(c1ccc(Cl)c(F)c1)N1CC[C@H]2[C@H](CCC(=O)N2CCCCO)C1. The van der Waals surface area contributed by atoms with E-state index in [0.29, 0.717) is 38.0 Å². The summed E-state index contributed by atoms with van der Waals surface area (Å²) in [5.41, 5.74) is 0.303. The second-order valence-electron chi connectivity index (χ2n) is 7.05. The van der Waals surface area contributed by atoms with Crippen LogP contribution in [0, 0.1) is 11.7 Å². The van der Waals surface area contributed by atoms with Crippen molar-refractivity contribution in [2.75, 3.05) is 26.2 Å². The second-order valence-corrected chi connectivity index (χ2v) is 7.46. The topological polar surface area (TPSA) is 60.9 Å². The summed E-state index contributed by atoms with van der Waals surface area (Å²) in [6.45, 7) is 1.93. The smallest absolute Gasteiger partial charge is 0.253 e. The molecular formula is C19H24ClFN2O3. The standard InChI is InChI=1S/C19H24ClFN2O3/c20-15-5-3-13(11-16(15)21)19(26)22-9-7-17-14(12-22)4-6-18(25)23(17)8-1-2-10-24/h3,5,11,14,17,24H,1-2,4,6-10,12H2/t14-,17+/m1/s1. The molecule has 2 amide bonds. The van der Waals surface area contributed by atoms with Gasteiger partial charge in [-0.2, -0.15) is 0 Å². The number of amides is 2. The maximum absolute atomic E-state index is 13.7. The molecule has 0 radical (unpaired) electrons. The van der Waals surface area contributed by atoms with E-state index in [2.05, 4.69) is 0 Å². The van der Waals surface area contributed by atoms with Gasteiger partial charge in [0.25, 0.3) is 5.91 Å². The molecule has 7 heteroatoms. The zero-order chi connectivity index (χ0) is 18.7. The molecule has 2 aliphatic heterocycles. The van der Waals surface area contributed by atoms with Crippen molar-refractivity contribution in [3.63, 3.8) is 0 Å². The molecule has 1 N–H and O–H groups in total. The van der Waals surface area contributed by atoms with Crippen molar-refractivity contribution in [3.05, 3.63) is 34.6 Å². The quantitative estimate of drug-likeness (QED) is 0.796. The molecule has 0 aliphatic carbocycles. The van der Waals surface area contributed by atoms with Crippen LogP contribution in [0.4, 0.5) is 4.39 Å². The first kappa shape index (κ1) is 19.1. The maximum atomic E-state index is 13.7. The number of piperidine rings is 2. The number of halogens is 2. The van der Waals surface area contributed by atoms with Gasteiger partial charge >= 0.3 is 0 Å². The van der Waals surface area contributed by atoms with Gasteiger partial charge < -0.3 is 14.9 Å². The van der Waals surface area contributed by atoms with Gasteiger partial charge in [0.2, 0.25) is 5.91 Å². The minimum atomic E-state index is -0.592. The molecule has 2 saturated heterocycles. The highest BCUT2D eigenvalue weighted by molar-refractivity contribution is 6.30. The fraction of sp³-hybridized carbons (Fsp3) is 0.579. The second kappa shape index (κ2) is 8.35. The number of likely N-dealkylation sites (tertiary alicyclic amines) is 2. The molecule has 26 heavy (non-hydrogen) atoms. The van der Waals surface area contributed by atoms with Gasteiger partial charge in [-0.15, -0.1) is 0 Å². The fourth-order valence-electron chi connectivity index (χ4n) is 4.03. The first-order valence-electron chi connectivity index (χ1n) is 9.16. The summed E-state index contributed by atoms with van der Waals surface area (Å²) in [6.07, 6.45) is 3.49. The Bertz CT molecular complexity index is 685. The van der Waals surface area contributed by atoms with Gasteiger partial charge in [0.15, 0.2) is 0 Å². The molecule has 5 nitrogen and oxygen atoms in total.